The van der Waals surface area contributed by atoms with Gasteiger partial charge in [0.2, 0.25) is 5.78 Å². The Morgan fingerprint density at radius 2 is 1.75 bits per heavy atom. The van der Waals surface area contributed by atoms with Gasteiger partial charge in [0.05, 0.1) is 11.3 Å². The maximum Gasteiger partial charge on any atom is 0.361 e. The molecule has 2 aromatic carbocycles. The quantitative estimate of drug-likeness (QED) is 0.170. The predicted octanol–water partition coefficient (Wildman–Crippen LogP) is 5.19. The molecule has 1 aromatic heterocycles. The van der Waals surface area contributed by atoms with E-state index < -0.39 is 17.4 Å². The summed E-state index contributed by atoms with van der Waals surface area (Å²) in [6.07, 6.45) is 3.50. The summed E-state index contributed by atoms with van der Waals surface area (Å²) in [6, 6.07) is 14.9. The minimum Gasteiger partial charge on any atom is -0.455 e. The van der Waals surface area contributed by atoms with Gasteiger partial charge in [0.15, 0.2) is 5.71 Å². The number of nitrogens with zero attached hydrogens (tertiary/aromatic N) is 3. The van der Waals surface area contributed by atoms with Crippen LogP contribution in [0.1, 0.15) is 31.1 Å². The third-order valence-corrected chi connectivity index (χ3v) is 4.77. The molecule has 0 atom stereocenters. The lowest BCUT2D eigenvalue weighted by atomic mass is 10.1. The molecule has 32 heavy (non-hydrogen) atoms. The molecule has 0 bridgehead atoms. The first-order chi connectivity index (χ1) is 15.1. The van der Waals surface area contributed by atoms with Crippen molar-refractivity contribution in [1.82, 2.24) is 4.57 Å². The lowest BCUT2D eigenvalue weighted by molar-refractivity contribution is -0.145. The summed E-state index contributed by atoms with van der Waals surface area (Å²) >= 11 is 0. The number of hydrogen-bond donors (Lipinski definition) is 0. The van der Waals surface area contributed by atoms with E-state index in [4.69, 9.17) is 4.74 Å². The molecule has 0 unspecified atom stereocenters. The third-order valence-electron chi connectivity index (χ3n) is 4.77. The fourth-order valence-corrected chi connectivity index (χ4v) is 3.32. The number of para-hydroxylation sites is 1. The minimum atomic E-state index is -0.760. The second kappa shape index (κ2) is 9.22. The van der Waals surface area contributed by atoms with Crippen molar-refractivity contribution in [3.8, 4) is 0 Å². The van der Waals surface area contributed by atoms with Gasteiger partial charge < -0.3 is 14.2 Å². The number of hydrogen-bond acceptors (Lipinski definition) is 5. The Kier molecular flexibility index (Phi) is 6.63. The van der Waals surface area contributed by atoms with E-state index in [1.807, 2.05) is 60.0 Å². The van der Waals surface area contributed by atoms with E-state index in [0.29, 0.717) is 17.8 Å². The van der Waals surface area contributed by atoms with E-state index in [-0.39, 0.29) is 5.71 Å². The van der Waals surface area contributed by atoms with Crippen molar-refractivity contribution in [3.63, 3.8) is 0 Å². The molecule has 3 rings (SSSR count). The molecule has 0 saturated carbocycles. The highest BCUT2D eigenvalue weighted by Gasteiger charge is 2.29. The van der Waals surface area contributed by atoms with Gasteiger partial charge >= 0.3 is 5.97 Å². The fraction of sp³-hybridized carbons (Fsp3) is 0.269. The van der Waals surface area contributed by atoms with Crippen molar-refractivity contribution in [3.05, 3.63) is 72.9 Å². The Hall–Kier alpha value is -3.67. The van der Waals surface area contributed by atoms with Crippen molar-refractivity contribution in [2.24, 2.45) is 4.99 Å². The summed E-state index contributed by atoms with van der Waals surface area (Å²) in [5.41, 5.74) is 1.76. The zero-order valence-corrected chi connectivity index (χ0v) is 19.3. The highest BCUT2D eigenvalue weighted by atomic mass is 16.6. The molecule has 0 radical (unpaired) electrons. The monoisotopic (exact) mass is 431 g/mol. The van der Waals surface area contributed by atoms with Gasteiger partial charge in [-0.25, -0.2) is 9.79 Å². The van der Waals surface area contributed by atoms with Gasteiger partial charge in [-0.3, -0.25) is 4.79 Å². The number of carbonyl (C=O) groups excluding carboxylic acids is 2. The van der Waals surface area contributed by atoms with Crippen LogP contribution in [0.3, 0.4) is 0 Å². The van der Waals surface area contributed by atoms with Crippen LogP contribution in [0, 0.1) is 0 Å². The number of allylic oxidation sites excluding steroid dienone is 1. The average molecular weight is 432 g/mol. The molecule has 6 nitrogen and oxygen atoms in total. The zero-order valence-electron chi connectivity index (χ0n) is 19.3. The number of benzene rings is 2. The second-order valence-corrected chi connectivity index (χ2v) is 8.70. The van der Waals surface area contributed by atoms with Gasteiger partial charge in [-0.2, -0.15) is 0 Å². The number of aliphatic imine (C=N–C) groups is 1. The van der Waals surface area contributed by atoms with Crippen molar-refractivity contribution in [2.45, 2.75) is 32.9 Å². The summed E-state index contributed by atoms with van der Waals surface area (Å²) in [4.78, 5) is 33.0. The van der Waals surface area contributed by atoms with Crippen molar-refractivity contribution >= 4 is 39.7 Å². The van der Waals surface area contributed by atoms with E-state index in [0.717, 1.165) is 16.6 Å². The van der Waals surface area contributed by atoms with Gasteiger partial charge in [-0.15, -0.1) is 6.58 Å². The third kappa shape index (κ3) is 5.14. The Morgan fingerprint density at radius 3 is 2.34 bits per heavy atom. The summed E-state index contributed by atoms with van der Waals surface area (Å²) in [7, 11) is 3.87. The van der Waals surface area contributed by atoms with Gasteiger partial charge in [0, 0.05) is 43.4 Å². The van der Waals surface area contributed by atoms with E-state index >= 15 is 0 Å². The van der Waals surface area contributed by atoms with Crippen LogP contribution in [0.15, 0.2) is 72.4 Å². The first-order valence-corrected chi connectivity index (χ1v) is 10.4. The van der Waals surface area contributed by atoms with Crippen LogP contribution in [-0.2, 0) is 16.1 Å². The fourth-order valence-electron chi connectivity index (χ4n) is 3.32. The standard InChI is InChI=1S/C26H29N3O3/c1-7-16-29-17-21(20-10-8-9-11-22(20)29)24(30)23(25(31)32-26(2,3)4)27-18-12-14-19(15-13-18)28(5)6/h7-15,17H,1,16H2,2-6H3. The smallest absolute Gasteiger partial charge is 0.361 e. The van der Waals surface area contributed by atoms with Crippen LogP contribution in [0.4, 0.5) is 11.4 Å². The van der Waals surface area contributed by atoms with Crippen LogP contribution in [0.5, 0.6) is 0 Å². The normalized spacial score (nSPS) is 12.0. The second-order valence-electron chi connectivity index (χ2n) is 8.70. The molecular weight excluding hydrogens is 402 g/mol. The van der Waals surface area contributed by atoms with E-state index in [1.165, 1.54) is 0 Å². The highest BCUT2D eigenvalue weighted by molar-refractivity contribution is 6.68. The molecule has 166 valence electrons. The Balaban J connectivity index is 2.11. The first-order valence-electron chi connectivity index (χ1n) is 10.4. The lowest BCUT2D eigenvalue weighted by Gasteiger charge is -2.19. The molecule has 0 fully saturated rings. The molecule has 0 spiro atoms. The molecule has 0 N–H and O–H groups in total. The number of anilines is 1. The number of Topliss-reactive ketones (excluding diaryl/α,β-unsaturated/α-hetero) is 1. The maximum absolute atomic E-state index is 13.6. The highest BCUT2D eigenvalue weighted by Crippen LogP contribution is 2.25. The van der Waals surface area contributed by atoms with Crippen molar-refractivity contribution in [2.75, 3.05) is 19.0 Å². The topological polar surface area (TPSA) is 63.9 Å². The molecule has 3 aromatic rings. The molecule has 0 aliphatic carbocycles. The Bertz CT molecular complexity index is 1180. The summed E-state index contributed by atoms with van der Waals surface area (Å²) < 4.78 is 7.45. The minimum absolute atomic E-state index is 0.251. The van der Waals surface area contributed by atoms with E-state index in [2.05, 4.69) is 11.6 Å². The number of ether oxygens (including phenoxy) is 1. The van der Waals surface area contributed by atoms with E-state index in [9.17, 15) is 9.59 Å². The number of aromatic nitrogens is 1. The van der Waals surface area contributed by atoms with Gasteiger partial charge in [0.1, 0.15) is 5.60 Å². The SMILES string of the molecule is C=CCn1cc(C(=O)C(=Nc2ccc(N(C)C)cc2)C(=O)OC(C)(C)C)c2ccccc21. The molecule has 1 heterocycles. The summed E-state index contributed by atoms with van der Waals surface area (Å²) in [6.45, 7) is 9.61. The number of fused-ring (bicyclic) bond motifs is 1. The Morgan fingerprint density at radius 1 is 1.09 bits per heavy atom. The summed E-state index contributed by atoms with van der Waals surface area (Å²) in [5, 5.41) is 0.749. The van der Waals surface area contributed by atoms with E-state index in [1.54, 1.807) is 45.2 Å². The molecule has 0 amide bonds. The molecular formula is C26H29N3O3. The molecule has 0 aliphatic rings. The first kappa shape index (κ1) is 23.0. The predicted molar refractivity (Wildman–Crippen MR) is 130 cm³/mol. The van der Waals surface area contributed by atoms with Crippen LogP contribution < -0.4 is 4.90 Å². The molecule has 0 aliphatic heterocycles. The van der Waals surface area contributed by atoms with Crippen LogP contribution >= 0.6 is 0 Å². The van der Waals surface area contributed by atoms with Crippen LogP contribution in [0.2, 0.25) is 0 Å². The maximum atomic E-state index is 13.6. The number of ketones is 1. The van der Waals surface area contributed by atoms with Gasteiger partial charge in [-0.1, -0.05) is 24.3 Å². The zero-order chi connectivity index (χ0) is 23.5. The number of esters is 1. The van der Waals surface area contributed by atoms with Crippen LogP contribution in [0.25, 0.3) is 10.9 Å². The van der Waals surface area contributed by atoms with Crippen molar-refractivity contribution < 1.29 is 14.3 Å². The molecule has 6 heteroatoms. The average Bonchev–Trinajstić information content (AvgIpc) is 3.09. The molecule has 0 saturated heterocycles. The van der Waals surface area contributed by atoms with Gasteiger partial charge in [-0.05, 0) is 51.1 Å². The largest absolute Gasteiger partial charge is 0.455 e. The van der Waals surface area contributed by atoms with Crippen LogP contribution in [-0.4, -0.2) is 41.7 Å². The Labute approximate surface area is 188 Å². The summed E-state index contributed by atoms with van der Waals surface area (Å²) in [5.74, 6) is -1.23. The van der Waals surface area contributed by atoms with Gasteiger partial charge in [0.25, 0.3) is 0 Å². The lowest BCUT2D eigenvalue weighted by Crippen LogP contribution is -2.33. The number of rotatable bonds is 7. The van der Waals surface area contributed by atoms with Crippen molar-refractivity contribution in [1.29, 1.82) is 0 Å². The number of carbonyl (C=O) groups is 2.